The zero-order chi connectivity index (χ0) is 14.1. The van der Waals surface area contributed by atoms with Crippen LogP contribution in [0.15, 0.2) is 41.2 Å². The van der Waals surface area contributed by atoms with Crippen LogP contribution in [0.1, 0.15) is 24.4 Å². The highest BCUT2D eigenvalue weighted by Gasteiger charge is 2.27. The second-order valence-electron chi connectivity index (χ2n) is 5.01. The third-order valence-electron chi connectivity index (χ3n) is 3.64. The summed E-state index contributed by atoms with van der Waals surface area (Å²) in [4.78, 5) is 12.5. The van der Waals surface area contributed by atoms with E-state index >= 15 is 0 Å². The molecule has 2 aromatic rings. The van der Waals surface area contributed by atoms with Crippen LogP contribution in [-0.2, 0) is 5.88 Å². The Bertz CT molecular complexity index is 672. The number of benzene rings is 1. The monoisotopic (exact) mass is 289 g/mol. The highest BCUT2D eigenvalue weighted by Crippen LogP contribution is 2.37. The Labute approximate surface area is 122 Å². The summed E-state index contributed by atoms with van der Waals surface area (Å²) in [5.41, 5.74) is 2.68. The van der Waals surface area contributed by atoms with E-state index in [2.05, 4.69) is 0 Å². The van der Waals surface area contributed by atoms with Crippen LogP contribution in [0.4, 0.5) is 0 Å². The number of hydrogen-bond donors (Lipinski definition) is 0. The summed E-state index contributed by atoms with van der Waals surface area (Å²) < 4.78 is 7.06. The number of methoxy groups -OCH3 is 1. The van der Waals surface area contributed by atoms with E-state index in [-0.39, 0.29) is 11.4 Å². The van der Waals surface area contributed by atoms with Gasteiger partial charge in [0.1, 0.15) is 5.75 Å². The zero-order valence-electron chi connectivity index (χ0n) is 11.3. The number of aromatic nitrogens is 1. The second-order valence-corrected chi connectivity index (χ2v) is 5.28. The van der Waals surface area contributed by atoms with Gasteiger partial charge in [0, 0.05) is 11.6 Å². The molecule has 1 aliphatic rings. The third kappa shape index (κ3) is 2.34. The van der Waals surface area contributed by atoms with Crippen LogP contribution in [0.5, 0.6) is 5.75 Å². The van der Waals surface area contributed by atoms with E-state index in [0.29, 0.717) is 11.6 Å². The molecule has 0 saturated heterocycles. The van der Waals surface area contributed by atoms with Gasteiger partial charge < -0.3 is 9.30 Å². The van der Waals surface area contributed by atoms with Gasteiger partial charge in [-0.05, 0) is 48.7 Å². The van der Waals surface area contributed by atoms with Gasteiger partial charge in [-0.1, -0.05) is 6.07 Å². The lowest BCUT2D eigenvalue weighted by atomic mass is 10.1. The first-order valence-electron chi connectivity index (χ1n) is 6.69. The minimum atomic E-state index is 0.0378. The Kier molecular flexibility index (Phi) is 3.53. The lowest BCUT2D eigenvalue weighted by molar-refractivity contribution is 0.415. The van der Waals surface area contributed by atoms with Gasteiger partial charge in [-0.25, -0.2) is 0 Å². The van der Waals surface area contributed by atoms with Crippen molar-refractivity contribution in [3.63, 3.8) is 0 Å². The molecule has 3 nitrogen and oxygen atoms in total. The lowest BCUT2D eigenvalue weighted by Gasteiger charge is -2.14. The summed E-state index contributed by atoms with van der Waals surface area (Å²) in [7, 11) is 1.64. The van der Waals surface area contributed by atoms with Crippen molar-refractivity contribution in [2.75, 3.05) is 7.11 Å². The molecule has 4 heteroatoms. The van der Waals surface area contributed by atoms with Crippen molar-refractivity contribution in [2.45, 2.75) is 24.8 Å². The normalized spacial score (nSPS) is 14.3. The van der Waals surface area contributed by atoms with Crippen molar-refractivity contribution < 1.29 is 4.74 Å². The number of alkyl halides is 1. The molecular weight excluding hydrogens is 274 g/mol. The number of hydrogen-bond acceptors (Lipinski definition) is 2. The smallest absolute Gasteiger partial charge is 0.255 e. The molecule has 0 amide bonds. The Balaban J connectivity index is 2.12. The lowest BCUT2D eigenvalue weighted by Crippen LogP contribution is -2.23. The SMILES string of the molecule is COc1ccc(-c2ccc(CCl)c(=O)n2C2CC2)cc1. The van der Waals surface area contributed by atoms with Crippen LogP contribution < -0.4 is 10.3 Å². The highest BCUT2D eigenvalue weighted by molar-refractivity contribution is 6.17. The topological polar surface area (TPSA) is 31.2 Å². The van der Waals surface area contributed by atoms with E-state index in [9.17, 15) is 4.79 Å². The van der Waals surface area contributed by atoms with Gasteiger partial charge in [-0.3, -0.25) is 4.79 Å². The standard InChI is InChI=1S/C16H16ClNO2/c1-20-14-7-2-11(3-8-14)15-9-4-12(10-17)16(19)18(15)13-5-6-13/h2-4,7-9,13H,5-6,10H2,1H3. The first-order valence-corrected chi connectivity index (χ1v) is 7.23. The number of halogens is 1. The van der Waals surface area contributed by atoms with E-state index in [4.69, 9.17) is 16.3 Å². The molecule has 1 fully saturated rings. The third-order valence-corrected chi connectivity index (χ3v) is 3.93. The van der Waals surface area contributed by atoms with E-state index in [1.165, 1.54) is 0 Å². The van der Waals surface area contributed by atoms with Gasteiger partial charge in [-0.15, -0.1) is 11.6 Å². The molecule has 0 spiro atoms. The van der Waals surface area contributed by atoms with Crippen LogP contribution in [-0.4, -0.2) is 11.7 Å². The molecule has 1 aromatic heterocycles. The maximum Gasteiger partial charge on any atom is 0.255 e. The van der Waals surface area contributed by atoms with Gasteiger partial charge in [0.15, 0.2) is 0 Å². The molecule has 3 rings (SSSR count). The Hall–Kier alpha value is -1.74. The second kappa shape index (κ2) is 5.33. The summed E-state index contributed by atoms with van der Waals surface area (Å²) >= 11 is 5.84. The molecule has 1 heterocycles. The summed E-state index contributed by atoms with van der Waals surface area (Å²) in [6.07, 6.45) is 2.13. The van der Waals surface area contributed by atoms with Crippen LogP contribution >= 0.6 is 11.6 Å². The molecule has 0 radical (unpaired) electrons. The summed E-state index contributed by atoms with van der Waals surface area (Å²) in [6, 6.07) is 11.9. The zero-order valence-corrected chi connectivity index (χ0v) is 12.1. The maximum absolute atomic E-state index is 12.5. The quantitative estimate of drug-likeness (QED) is 0.805. The molecule has 0 atom stereocenters. The molecule has 0 aliphatic heterocycles. The molecule has 0 unspecified atom stereocenters. The van der Waals surface area contributed by atoms with E-state index < -0.39 is 0 Å². The van der Waals surface area contributed by atoms with Gasteiger partial charge in [-0.2, -0.15) is 0 Å². The van der Waals surface area contributed by atoms with Gasteiger partial charge >= 0.3 is 0 Å². The minimum Gasteiger partial charge on any atom is -0.497 e. The molecule has 0 bridgehead atoms. The van der Waals surface area contributed by atoms with Crippen molar-refractivity contribution >= 4 is 11.6 Å². The van der Waals surface area contributed by atoms with E-state index in [1.54, 1.807) is 7.11 Å². The number of ether oxygens (including phenoxy) is 1. The van der Waals surface area contributed by atoms with Gasteiger partial charge in [0.2, 0.25) is 0 Å². The first-order chi connectivity index (χ1) is 9.74. The molecular formula is C16H16ClNO2. The Morgan fingerprint density at radius 1 is 1.20 bits per heavy atom. The number of pyridine rings is 1. The van der Waals surface area contributed by atoms with Crippen LogP contribution in [0.3, 0.4) is 0 Å². The van der Waals surface area contributed by atoms with Gasteiger partial charge in [0.25, 0.3) is 5.56 Å². The Morgan fingerprint density at radius 2 is 1.90 bits per heavy atom. The van der Waals surface area contributed by atoms with Crippen molar-refractivity contribution in [1.29, 1.82) is 0 Å². The summed E-state index contributed by atoms with van der Waals surface area (Å²) in [5.74, 6) is 1.07. The fourth-order valence-electron chi connectivity index (χ4n) is 2.39. The van der Waals surface area contributed by atoms with Gasteiger partial charge in [0.05, 0.1) is 18.7 Å². The molecule has 1 aliphatic carbocycles. The minimum absolute atomic E-state index is 0.0378. The number of nitrogens with zero attached hydrogens (tertiary/aromatic N) is 1. The van der Waals surface area contributed by atoms with E-state index in [0.717, 1.165) is 29.8 Å². The fraction of sp³-hybridized carbons (Fsp3) is 0.312. The van der Waals surface area contributed by atoms with Crippen LogP contribution in [0.25, 0.3) is 11.3 Å². The van der Waals surface area contributed by atoms with Crippen molar-refractivity contribution in [2.24, 2.45) is 0 Å². The average molecular weight is 290 g/mol. The first kappa shape index (κ1) is 13.3. The fourth-order valence-corrected chi connectivity index (χ4v) is 2.59. The Morgan fingerprint density at radius 3 is 2.45 bits per heavy atom. The average Bonchev–Trinajstić information content (AvgIpc) is 3.31. The van der Waals surface area contributed by atoms with E-state index in [1.807, 2.05) is 41.0 Å². The highest BCUT2D eigenvalue weighted by atomic mass is 35.5. The molecule has 1 aromatic carbocycles. The largest absolute Gasteiger partial charge is 0.497 e. The van der Waals surface area contributed by atoms with Crippen LogP contribution in [0.2, 0.25) is 0 Å². The summed E-state index contributed by atoms with van der Waals surface area (Å²) in [5, 5.41) is 0. The van der Waals surface area contributed by atoms with Crippen molar-refractivity contribution in [3.8, 4) is 17.0 Å². The van der Waals surface area contributed by atoms with Crippen molar-refractivity contribution in [1.82, 2.24) is 4.57 Å². The summed E-state index contributed by atoms with van der Waals surface area (Å²) in [6.45, 7) is 0. The maximum atomic E-state index is 12.5. The molecule has 1 saturated carbocycles. The van der Waals surface area contributed by atoms with Crippen LogP contribution in [0, 0.1) is 0 Å². The molecule has 0 N–H and O–H groups in total. The predicted molar refractivity (Wildman–Crippen MR) is 80.5 cm³/mol. The number of rotatable bonds is 4. The van der Waals surface area contributed by atoms with Crippen molar-refractivity contribution in [3.05, 3.63) is 52.3 Å². The molecule has 20 heavy (non-hydrogen) atoms. The molecule has 104 valence electrons. The predicted octanol–water partition coefficient (Wildman–Crippen LogP) is 3.60.